The summed E-state index contributed by atoms with van der Waals surface area (Å²) in [6.07, 6.45) is 2.07. The maximum atomic E-state index is 13.0. The molecule has 3 aliphatic rings. The van der Waals surface area contributed by atoms with Gasteiger partial charge in [-0.1, -0.05) is 6.07 Å². The Kier molecular flexibility index (Phi) is 7.34. The maximum absolute atomic E-state index is 13.0. The molecule has 11 heteroatoms. The van der Waals surface area contributed by atoms with Gasteiger partial charge < -0.3 is 36.4 Å². The molecule has 1 saturated carbocycles. The van der Waals surface area contributed by atoms with Crippen molar-refractivity contribution in [2.75, 3.05) is 34.4 Å². The number of hydrogen-bond acceptors (Lipinski definition) is 8. The number of aliphatic hydroxyl groups is 1. The molecule has 5 rings (SSSR count). The number of carbonyl (C=O) groups is 2. The van der Waals surface area contributed by atoms with Crippen LogP contribution in [0.15, 0.2) is 30.3 Å². The number of ether oxygens (including phenoxy) is 1. The zero-order valence-electron chi connectivity index (χ0n) is 19.5. The number of fused-ring (bicyclic) bond motifs is 2. The minimum absolute atomic E-state index is 0. The van der Waals surface area contributed by atoms with E-state index in [1.165, 1.54) is 0 Å². The van der Waals surface area contributed by atoms with E-state index in [0.717, 1.165) is 23.6 Å². The second-order valence-electron chi connectivity index (χ2n) is 9.28. The molecule has 3 heterocycles. The average Bonchev–Trinajstić information content (AvgIpc) is 2.84. The molecule has 1 fully saturated rings. The van der Waals surface area contributed by atoms with Crippen molar-refractivity contribution >= 4 is 47.1 Å². The first kappa shape index (κ1) is 25.0. The van der Waals surface area contributed by atoms with E-state index in [1.54, 1.807) is 6.07 Å². The van der Waals surface area contributed by atoms with Crippen molar-refractivity contribution in [3.05, 3.63) is 36.0 Å². The van der Waals surface area contributed by atoms with E-state index in [-0.39, 0.29) is 42.9 Å². The van der Waals surface area contributed by atoms with Gasteiger partial charge >= 0.3 is 0 Å². The van der Waals surface area contributed by atoms with Crippen molar-refractivity contribution in [2.45, 2.75) is 56.8 Å². The minimum Gasteiger partial charge on any atom is -0.480 e. The van der Waals surface area contributed by atoms with Gasteiger partial charge in [-0.2, -0.15) is 0 Å². The highest BCUT2D eigenvalue weighted by Crippen LogP contribution is 2.36. The van der Waals surface area contributed by atoms with Crippen molar-refractivity contribution in [3.8, 4) is 5.75 Å². The summed E-state index contributed by atoms with van der Waals surface area (Å²) >= 11 is 0. The fourth-order valence-electron chi connectivity index (χ4n) is 4.64. The van der Waals surface area contributed by atoms with Gasteiger partial charge in [0.15, 0.2) is 18.2 Å². The van der Waals surface area contributed by atoms with E-state index < -0.39 is 5.60 Å². The zero-order chi connectivity index (χ0) is 23.7. The van der Waals surface area contributed by atoms with E-state index in [0.29, 0.717) is 49.5 Å². The lowest BCUT2D eigenvalue weighted by molar-refractivity contribution is -0.137. The summed E-state index contributed by atoms with van der Waals surface area (Å²) in [5, 5.41) is 26.9. The van der Waals surface area contributed by atoms with Crippen LogP contribution in [0.1, 0.15) is 38.3 Å². The highest BCUT2D eigenvalue weighted by molar-refractivity contribution is 6.01. The van der Waals surface area contributed by atoms with E-state index in [4.69, 9.17) is 4.74 Å². The first-order valence-corrected chi connectivity index (χ1v) is 11.7. The lowest BCUT2D eigenvalue weighted by Crippen LogP contribution is -2.49. The molecule has 10 nitrogen and oxygen atoms in total. The predicted octanol–water partition coefficient (Wildman–Crippen LogP) is 2.46. The third-order valence-electron chi connectivity index (χ3n) is 6.64. The number of nitrogens with zero attached hydrogens (tertiary/aromatic N) is 1. The highest BCUT2D eigenvalue weighted by Gasteiger charge is 2.40. The van der Waals surface area contributed by atoms with E-state index in [1.807, 2.05) is 24.3 Å². The van der Waals surface area contributed by atoms with Gasteiger partial charge in [-0.3, -0.25) is 9.59 Å². The Labute approximate surface area is 210 Å². The lowest BCUT2D eigenvalue weighted by Gasteiger charge is -2.35. The fraction of sp³-hybridized carbons (Fsp3) is 0.458. The van der Waals surface area contributed by atoms with Crippen LogP contribution in [0.3, 0.4) is 0 Å². The SMILES string of the molecule is CC1CNc2cccc(NC(=O)[C@]3(O)CC[C@@H](NCc4ccc5c(n4)NC(=O)CO5)CC3)c2N1.Cl. The van der Waals surface area contributed by atoms with Gasteiger partial charge in [0.1, 0.15) is 5.60 Å². The lowest BCUT2D eigenvalue weighted by atomic mass is 9.81. The smallest absolute Gasteiger partial charge is 0.263 e. The molecule has 188 valence electrons. The Bertz CT molecular complexity index is 1110. The molecule has 2 amide bonds. The molecule has 0 radical (unpaired) electrons. The number of hydrogen-bond donors (Lipinski definition) is 6. The Morgan fingerprint density at radius 3 is 2.86 bits per heavy atom. The molecule has 35 heavy (non-hydrogen) atoms. The van der Waals surface area contributed by atoms with Crippen molar-refractivity contribution in [1.82, 2.24) is 10.3 Å². The number of aromatic nitrogens is 1. The van der Waals surface area contributed by atoms with E-state index in [2.05, 4.69) is 38.5 Å². The molecule has 1 unspecified atom stereocenters. The van der Waals surface area contributed by atoms with Crippen LogP contribution in [0.5, 0.6) is 5.75 Å². The Balaban J connectivity index is 0.00000289. The average molecular weight is 503 g/mol. The van der Waals surface area contributed by atoms with Crippen LogP contribution in [-0.4, -0.2) is 52.7 Å². The molecule has 1 atom stereocenters. The highest BCUT2D eigenvalue weighted by atomic mass is 35.5. The van der Waals surface area contributed by atoms with Gasteiger partial charge in [0.2, 0.25) is 0 Å². The Morgan fingerprint density at radius 2 is 2.06 bits per heavy atom. The second kappa shape index (κ2) is 10.3. The maximum Gasteiger partial charge on any atom is 0.263 e. The molecule has 0 bridgehead atoms. The van der Waals surface area contributed by atoms with E-state index in [9.17, 15) is 14.7 Å². The quantitative estimate of drug-likeness (QED) is 0.367. The molecule has 1 aliphatic carbocycles. The number of nitrogens with one attached hydrogen (secondary N) is 5. The summed E-state index contributed by atoms with van der Waals surface area (Å²) in [7, 11) is 0. The van der Waals surface area contributed by atoms with Crippen LogP contribution in [0.4, 0.5) is 22.9 Å². The molecule has 2 aromatic rings. The van der Waals surface area contributed by atoms with Crippen molar-refractivity contribution in [3.63, 3.8) is 0 Å². The van der Waals surface area contributed by atoms with Crippen LogP contribution in [0.25, 0.3) is 0 Å². The van der Waals surface area contributed by atoms with Crippen LogP contribution >= 0.6 is 12.4 Å². The van der Waals surface area contributed by atoms with Gasteiger partial charge in [0, 0.05) is 25.2 Å². The standard InChI is InChI=1S/C24H30N6O4.ClH/c1-14-11-26-17-3-2-4-18(21(17)27-14)29-23(32)24(33)9-7-15(8-10-24)25-12-16-5-6-19-22(28-16)30-20(31)13-34-19;/h2-6,14-15,25-27,33H,7-13H2,1H3,(H,29,32)(H,28,30,31);1H/t14?,15-,24+;. The normalized spacial score (nSPS) is 24.8. The number of pyridine rings is 1. The molecule has 6 N–H and O–H groups in total. The third kappa shape index (κ3) is 5.44. The van der Waals surface area contributed by atoms with Gasteiger partial charge in [-0.15, -0.1) is 12.4 Å². The summed E-state index contributed by atoms with van der Waals surface area (Å²) in [4.78, 5) is 29.0. The van der Waals surface area contributed by atoms with Crippen molar-refractivity contribution in [2.24, 2.45) is 0 Å². The number of benzene rings is 1. The second-order valence-corrected chi connectivity index (χ2v) is 9.28. The molecule has 0 spiro atoms. The number of para-hydroxylation sites is 1. The van der Waals surface area contributed by atoms with Crippen molar-refractivity contribution in [1.29, 1.82) is 0 Å². The van der Waals surface area contributed by atoms with Crippen LogP contribution < -0.4 is 31.3 Å². The van der Waals surface area contributed by atoms with Gasteiger partial charge in [-0.25, -0.2) is 4.98 Å². The fourth-order valence-corrected chi connectivity index (χ4v) is 4.64. The first-order valence-electron chi connectivity index (χ1n) is 11.7. The summed E-state index contributed by atoms with van der Waals surface area (Å²) in [5.41, 5.74) is 1.85. The monoisotopic (exact) mass is 502 g/mol. The van der Waals surface area contributed by atoms with Gasteiger partial charge in [-0.05, 0) is 56.9 Å². The predicted molar refractivity (Wildman–Crippen MR) is 136 cm³/mol. The van der Waals surface area contributed by atoms with Gasteiger partial charge in [0.05, 0.1) is 22.8 Å². The first-order chi connectivity index (χ1) is 16.4. The van der Waals surface area contributed by atoms with Crippen LogP contribution in [0.2, 0.25) is 0 Å². The summed E-state index contributed by atoms with van der Waals surface area (Å²) in [6.45, 7) is 3.40. The molecular formula is C24H31ClN6O4. The number of anilines is 4. The van der Waals surface area contributed by atoms with Crippen molar-refractivity contribution < 1.29 is 19.4 Å². The Morgan fingerprint density at radius 1 is 1.26 bits per heavy atom. The summed E-state index contributed by atoms with van der Waals surface area (Å²) < 4.78 is 5.34. The molecule has 2 aliphatic heterocycles. The molecule has 1 aromatic heterocycles. The molecular weight excluding hydrogens is 472 g/mol. The van der Waals surface area contributed by atoms with Crippen LogP contribution in [-0.2, 0) is 16.1 Å². The largest absolute Gasteiger partial charge is 0.480 e. The zero-order valence-corrected chi connectivity index (χ0v) is 20.3. The number of rotatable bonds is 5. The number of halogens is 1. The van der Waals surface area contributed by atoms with Crippen LogP contribution in [0, 0.1) is 0 Å². The topological polar surface area (TPSA) is 137 Å². The minimum atomic E-state index is -1.40. The van der Waals surface area contributed by atoms with E-state index >= 15 is 0 Å². The third-order valence-corrected chi connectivity index (χ3v) is 6.64. The molecule has 0 saturated heterocycles. The Hall–Kier alpha value is -3.08. The summed E-state index contributed by atoms with van der Waals surface area (Å²) in [5.74, 6) is 0.420. The number of carbonyl (C=O) groups excluding carboxylic acids is 2. The number of amides is 2. The molecule has 1 aromatic carbocycles. The summed E-state index contributed by atoms with van der Waals surface area (Å²) in [6, 6.07) is 9.76. The van der Waals surface area contributed by atoms with Gasteiger partial charge in [0.25, 0.3) is 11.8 Å².